The lowest BCUT2D eigenvalue weighted by Gasteiger charge is -2.10. The molecule has 2 N–H and O–H groups in total. The molecule has 0 aliphatic heterocycles. The van der Waals surface area contributed by atoms with E-state index in [2.05, 4.69) is 6.07 Å². The average molecular weight is 258 g/mol. The van der Waals surface area contributed by atoms with Crippen LogP contribution in [0.1, 0.15) is 15.3 Å². The maximum atomic E-state index is 9.03. The fourth-order valence-corrected chi connectivity index (χ4v) is 2.88. The van der Waals surface area contributed by atoms with Gasteiger partial charge in [-0.25, -0.2) is 0 Å². The van der Waals surface area contributed by atoms with Crippen LogP contribution in [-0.4, -0.2) is 7.11 Å². The Balaban J connectivity index is 2.73. The first-order valence-electron chi connectivity index (χ1n) is 5.52. The predicted octanol–water partition coefficient (Wildman–Crippen LogP) is 3.49. The first-order valence-corrected chi connectivity index (χ1v) is 6.34. The highest BCUT2D eigenvalue weighted by Gasteiger charge is 2.17. The van der Waals surface area contributed by atoms with Crippen LogP contribution in [0.25, 0.3) is 11.1 Å². The van der Waals surface area contributed by atoms with E-state index in [-0.39, 0.29) is 0 Å². The van der Waals surface area contributed by atoms with E-state index in [0.717, 1.165) is 27.3 Å². The summed E-state index contributed by atoms with van der Waals surface area (Å²) >= 11 is 1.42. The number of ether oxygens (including phenoxy) is 1. The molecule has 1 heterocycles. The van der Waals surface area contributed by atoms with E-state index >= 15 is 0 Å². The quantitative estimate of drug-likeness (QED) is 0.897. The third kappa shape index (κ3) is 1.93. The predicted molar refractivity (Wildman–Crippen MR) is 74.9 cm³/mol. The Bertz CT molecular complexity index is 638. The van der Waals surface area contributed by atoms with Crippen molar-refractivity contribution in [3.63, 3.8) is 0 Å². The average Bonchev–Trinajstić information content (AvgIpc) is 2.64. The first kappa shape index (κ1) is 12.5. The van der Waals surface area contributed by atoms with Crippen LogP contribution in [0.4, 0.5) is 5.69 Å². The molecular formula is C14H14N2OS. The van der Waals surface area contributed by atoms with Gasteiger partial charge in [-0.15, -0.1) is 11.3 Å². The zero-order valence-corrected chi connectivity index (χ0v) is 11.4. The number of methoxy groups -OCH3 is 1. The van der Waals surface area contributed by atoms with Crippen molar-refractivity contribution in [2.75, 3.05) is 12.8 Å². The first-order chi connectivity index (χ1) is 8.58. The topological polar surface area (TPSA) is 59.0 Å². The van der Waals surface area contributed by atoms with Crippen LogP contribution in [-0.2, 0) is 0 Å². The number of rotatable bonds is 2. The van der Waals surface area contributed by atoms with Gasteiger partial charge in [-0.3, -0.25) is 0 Å². The summed E-state index contributed by atoms with van der Waals surface area (Å²) in [5.41, 5.74) is 9.59. The van der Waals surface area contributed by atoms with Crippen molar-refractivity contribution < 1.29 is 4.74 Å². The standard InChI is InChI=1S/C14H14N2OS/c1-8-4-5-11(17-3)10(6-8)13-9(2)18-12(7-15)14(13)16/h4-6H,16H2,1-3H3. The highest BCUT2D eigenvalue weighted by atomic mass is 32.1. The minimum absolute atomic E-state index is 0.545. The number of hydrogen-bond donors (Lipinski definition) is 1. The summed E-state index contributed by atoms with van der Waals surface area (Å²) in [7, 11) is 1.64. The van der Waals surface area contributed by atoms with Crippen LogP contribution < -0.4 is 10.5 Å². The van der Waals surface area contributed by atoms with E-state index in [1.807, 2.05) is 32.0 Å². The minimum Gasteiger partial charge on any atom is -0.496 e. The van der Waals surface area contributed by atoms with Gasteiger partial charge in [0, 0.05) is 16.0 Å². The van der Waals surface area contributed by atoms with Crippen molar-refractivity contribution in [1.29, 1.82) is 5.26 Å². The molecule has 1 aromatic heterocycles. The van der Waals surface area contributed by atoms with Gasteiger partial charge in [-0.05, 0) is 26.0 Å². The summed E-state index contributed by atoms with van der Waals surface area (Å²) in [5, 5.41) is 9.03. The number of nitrogens with zero attached hydrogens (tertiary/aromatic N) is 1. The van der Waals surface area contributed by atoms with Crippen molar-refractivity contribution >= 4 is 17.0 Å². The lowest BCUT2D eigenvalue weighted by atomic mass is 10.0. The Morgan fingerprint density at radius 1 is 1.33 bits per heavy atom. The molecule has 0 saturated heterocycles. The van der Waals surface area contributed by atoms with Gasteiger partial charge < -0.3 is 10.5 Å². The van der Waals surface area contributed by atoms with Crippen molar-refractivity contribution in [3.8, 4) is 22.9 Å². The highest BCUT2D eigenvalue weighted by Crippen LogP contribution is 2.42. The van der Waals surface area contributed by atoms with Crippen molar-refractivity contribution in [3.05, 3.63) is 33.5 Å². The third-order valence-corrected chi connectivity index (χ3v) is 3.87. The van der Waals surface area contributed by atoms with Crippen LogP contribution >= 0.6 is 11.3 Å². The summed E-state index contributed by atoms with van der Waals surface area (Å²) < 4.78 is 5.37. The largest absolute Gasteiger partial charge is 0.496 e. The van der Waals surface area contributed by atoms with Crippen molar-refractivity contribution in [1.82, 2.24) is 0 Å². The van der Waals surface area contributed by atoms with Crippen LogP contribution in [0.2, 0.25) is 0 Å². The zero-order chi connectivity index (χ0) is 13.3. The molecule has 18 heavy (non-hydrogen) atoms. The summed E-state index contributed by atoms with van der Waals surface area (Å²) in [6.07, 6.45) is 0. The number of thiophene rings is 1. The van der Waals surface area contributed by atoms with E-state index in [1.165, 1.54) is 11.3 Å². The summed E-state index contributed by atoms with van der Waals surface area (Å²) in [6, 6.07) is 8.08. The van der Waals surface area contributed by atoms with Gasteiger partial charge in [0.1, 0.15) is 16.7 Å². The molecule has 0 bridgehead atoms. The molecule has 0 amide bonds. The minimum atomic E-state index is 0.545. The fraction of sp³-hybridized carbons (Fsp3) is 0.214. The molecule has 0 radical (unpaired) electrons. The van der Waals surface area contributed by atoms with Crippen molar-refractivity contribution in [2.24, 2.45) is 0 Å². The number of benzene rings is 1. The Hall–Kier alpha value is -1.99. The van der Waals surface area contributed by atoms with Gasteiger partial charge in [-0.2, -0.15) is 5.26 Å². The maximum absolute atomic E-state index is 9.03. The van der Waals surface area contributed by atoms with Crippen LogP contribution in [0.15, 0.2) is 18.2 Å². The molecule has 2 rings (SSSR count). The summed E-state index contributed by atoms with van der Waals surface area (Å²) in [4.78, 5) is 1.60. The Labute approximate surface area is 110 Å². The number of aryl methyl sites for hydroxylation is 2. The molecule has 92 valence electrons. The molecule has 0 aliphatic rings. The number of nitrogens with two attached hydrogens (primary N) is 1. The third-order valence-electron chi connectivity index (χ3n) is 2.85. The van der Waals surface area contributed by atoms with E-state index in [4.69, 9.17) is 15.7 Å². The molecule has 0 aliphatic carbocycles. The lowest BCUT2D eigenvalue weighted by Crippen LogP contribution is -1.93. The Morgan fingerprint density at radius 2 is 2.06 bits per heavy atom. The van der Waals surface area contributed by atoms with Gasteiger partial charge in [0.05, 0.1) is 12.8 Å². The molecule has 4 heteroatoms. The SMILES string of the molecule is COc1ccc(C)cc1-c1c(C)sc(C#N)c1N. The molecule has 0 unspecified atom stereocenters. The van der Waals surface area contributed by atoms with Gasteiger partial charge in [0.15, 0.2) is 0 Å². The Morgan fingerprint density at radius 3 is 2.61 bits per heavy atom. The zero-order valence-electron chi connectivity index (χ0n) is 10.6. The van der Waals surface area contributed by atoms with E-state index in [9.17, 15) is 0 Å². The van der Waals surface area contributed by atoms with Gasteiger partial charge >= 0.3 is 0 Å². The molecule has 2 aromatic rings. The second kappa shape index (κ2) is 4.71. The molecular weight excluding hydrogens is 244 g/mol. The smallest absolute Gasteiger partial charge is 0.128 e. The maximum Gasteiger partial charge on any atom is 0.128 e. The van der Waals surface area contributed by atoms with Crippen LogP contribution in [0, 0.1) is 25.2 Å². The molecule has 0 fully saturated rings. The van der Waals surface area contributed by atoms with E-state index in [1.54, 1.807) is 7.11 Å². The highest BCUT2D eigenvalue weighted by molar-refractivity contribution is 7.13. The summed E-state index contributed by atoms with van der Waals surface area (Å²) in [5.74, 6) is 0.776. The van der Waals surface area contributed by atoms with Gasteiger partial charge in [-0.1, -0.05) is 11.6 Å². The fourth-order valence-electron chi connectivity index (χ4n) is 2.00. The van der Waals surface area contributed by atoms with E-state index in [0.29, 0.717) is 10.6 Å². The van der Waals surface area contributed by atoms with E-state index < -0.39 is 0 Å². The van der Waals surface area contributed by atoms with Gasteiger partial charge in [0.2, 0.25) is 0 Å². The second-order valence-corrected chi connectivity index (χ2v) is 5.32. The second-order valence-electron chi connectivity index (χ2n) is 4.09. The monoisotopic (exact) mass is 258 g/mol. The molecule has 0 spiro atoms. The van der Waals surface area contributed by atoms with Crippen molar-refractivity contribution in [2.45, 2.75) is 13.8 Å². The number of nitriles is 1. The number of hydrogen-bond acceptors (Lipinski definition) is 4. The normalized spacial score (nSPS) is 10.1. The molecule has 1 aromatic carbocycles. The number of nitrogen functional groups attached to an aromatic ring is 1. The van der Waals surface area contributed by atoms with Crippen LogP contribution in [0.5, 0.6) is 5.75 Å². The molecule has 0 saturated carbocycles. The molecule has 3 nitrogen and oxygen atoms in total. The Kier molecular flexibility index (Phi) is 3.26. The lowest BCUT2D eigenvalue weighted by molar-refractivity contribution is 0.416. The summed E-state index contributed by atoms with van der Waals surface area (Å²) in [6.45, 7) is 3.99. The van der Waals surface area contributed by atoms with Crippen LogP contribution in [0.3, 0.4) is 0 Å². The van der Waals surface area contributed by atoms with Gasteiger partial charge in [0.25, 0.3) is 0 Å². The number of anilines is 1. The molecule has 0 atom stereocenters.